The smallest absolute Gasteiger partial charge is 0.224 e. The van der Waals surface area contributed by atoms with Crippen LogP contribution in [-0.2, 0) is 10.2 Å². The Labute approximate surface area is 155 Å². The molecule has 0 fully saturated rings. The lowest BCUT2D eigenvalue weighted by atomic mass is 9.86. The highest BCUT2D eigenvalue weighted by molar-refractivity contribution is 6.00. The van der Waals surface area contributed by atoms with Crippen molar-refractivity contribution in [2.75, 3.05) is 11.9 Å². The molecule has 2 rings (SSSR count). The molecule has 0 unspecified atom stereocenters. The summed E-state index contributed by atoms with van der Waals surface area (Å²) in [6.07, 6.45) is 0.352. The molecule has 1 amide bonds. The van der Waals surface area contributed by atoms with Crippen LogP contribution in [0.5, 0.6) is 5.75 Å². The number of hydrogen-bond donors (Lipinski definition) is 1. The number of carbonyl (C=O) groups excluding carboxylic acids is 2. The average Bonchev–Trinajstić information content (AvgIpc) is 2.61. The number of benzene rings is 2. The molecule has 0 aliphatic rings. The monoisotopic (exact) mass is 353 g/mol. The summed E-state index contributed by atoms with van der Waals surface area (Å²) in [5, 5.41) is 2.80. The second-order valence-corrected chi connectivity index (χ2v) is 7.26. The largest absolute Gasteiger partial charge is 0.494 e. The maximum absolute atomic E-state index is 12.3. The molecule has 0 aromatic heterocycles. The molecule has 0 bridgehead atoms. The molecule has 2 aromatic rings. The Bertz CT molecular complexity index is 740. The fourth-order valence-corrected chi connectivity index (χ4v) is 2.55. The van der Waals surface area contributed by atoms with Crippen LogP contribution >= 0.6 is 0 Å². The first-order chi connectivity index (χ1) is 12.3. The highest BCUT2D eigenvalue weighted by Crippen LogP contribution is 2.22. The maximum Gasteiger partial charge on any atom is 0.224 e. The van der Waals surface area contributed by atoms with Gasteiger partial charge < -0.3 is 10.1 Å². The van der Waals surface area contributed by atoms with E-state index in [1.807, 2.05) is 31.2 Å². The Morgan fingerprint density at radius 3 is 2.08 bits per heavy atom. The Kier molecular flexibility index (Phi) is 6.56. The third-order valence-corrected chi connectivity index (χ3v) is 4.10. The number of nitrogens with one attached hydrogen (secondary N) is 1. The van der Waals surface area contributed by atoms with Crippen molar-refractivity contribution >= 4 is 17.4 Å². The summed E-state index contributed by atoms with van der Waals surface area (Å²) >= 11 is 0. The highest BCUT2D eigenvalue weighted by Gasteiger charge is 2.15. The highest BCUT2D eigenvalue weighted by atomic mass is 16.5. The van der Waals surface area contributed by atoms with Crippen molar-refractivity contribution in [3.8, 4) is 5.75 Å². The third-order valence-electron chi connectivity index (χ3n) is 4.10. The van der Waals surface area contributed by atoms with Gasteiger partial charge in [0.1, 0.15) is 5.75 Å². The molecular weight excluding hydrogens is 326 g/mol. The van der Waals surface area contributed by atoms with Crippen molar-refractivity contribution in [2.45, 2.75) is 46.0 Å². The van der Waals surface area contributed by atoms with Crippen molar-refractivity contribution in [3.63, 3.8) is 0 Å². The van der Waals surface area contributed by atoms with Crippen molar-refractivity contribution in [1.29, 1.82) is 0 Å². The molecule has 4 heteroatoms. The second-order valence-electron chi connectivity index (χ2n) is 7.26. The van der Waals surface area contributed by atoms with Gasteiger partial charge in [0.05, 0.1) is 6.61 Å². The predicted molar refractivity (Wildman–Crippen MR) is 105 cm³/mol. The fraction of sp³-hybridized carbons (Fsp3) is 0.364. The number of ketones is 1. The number of ether oxygens (including phenoxy) is 1. The summed E-state index contributed by atoms with van der Waals surface area (Å²) in [5.41, 5.74) is 2.58. The van der Waals surface area contributed by atoms with E-state index in [4.69, 9.17) is 4.74 Å². The zero-order chi connectivity index (χ0) is 19.2. The van der Waals surface area contributed by atoms with E-state index in [-0.39, 0.29) is 29.9 Å². The Hall–Kier alpha value is -2.62. The van der Waals surface area contributed by atoms with E-state index in [0.29, 0.717) is 17.9 Å². The van der Waals surface area contributed by atoms with E-state index < -0.39 is 0 Å². The molecule has 138 valence electrons. The standard InChI is InChI=1S/C22H27NO3/c1-5-26-19-12-10-18(11-13-19)23-21(25)15-14-20(24)16-6-8-17(9-7-16)22(2,3)4/h6-13H,5,14-15H2,1-4H3,(H,23,25). The van der Waals surface area contributed by atoms with Gasteiger partial charge in [-0.3, -0.25) is 9.59 Å². The van der Waals surface area contributed by atoms with Crippen molar-refractivity contribution in [1.82, 2.24) is 0 Å². The molecule has 0 radical (unpaired) electrons. The van der Waals surface area contributed by atoms with Crippen LogP contribution in [0.25, 0.3) is 0 Å². The van der Waals surface area contributed by atoms with Crippen LogP contribution in [0.1, 0.15) is 56.5 Å². The van der Waals surface area contributed by atoms with Crippen LogP contribution in [0.2, 0.25) is 0 Å². The van der Waals surface area contributed by atoms with Gasteiger partial charge in [-0.25, -0.2) is 0 Å². The summed E-state index contributed by atoms with van der Waals surface area (Å²) < 4.78 is 5.37. The van der Waals surface area contributed by atoms with E-state index in [1.165, 1.54) is 5.56 Å². The molecule has 0 aliphatic carbocycles. The summed E-state index contributed by atoms with van der Waals surface area (Å²) in [6.45, 7) is 8.92. The van der Waals surface area contributed by atoms with Crippen LogP contribution in [0.3, 0.4) is 0 Å². The molecular formula is C22H27NO3. The molecule has 26 heavy (non-hydrogen) atoms. The SMILES string of the molecule is CCOc1ccc(NC(=O)CCC(=O)c2ccc(C(C)(C)C)cc2)cc1. The number of anilines is 1. The summed E-state index contributed by atoms with van der Waals surface area (Å²) in [6, 6.07) is 14.8. The number of carbonyl (C=O) groups is 2. The molecule has 0 saturated heterocycles. The van der Waals surface area contributed by atoms with Crippen LogP contribution in [-0.4, -0.2) is 18.3 Å². The molecule has 0 saturated carbocycles. The molecule has 4 nitrogen and oxygen atoms in total. The van der Waals surface area contributed by atoms with E-state index in [0.717, 1.165) is 5.75 Å². The maximum atomic E-state index is 12.3. The van der Waals surface area contributed by atoms with Gasteiger partial charge in [-0.1, -0.05) is 45.0 Å². The lowest BCUT2D eigenvalue weighted by molar-refractivity contribution is -0.116. The second kappa shape index (κ2) is 8.65. The lowest BCUT2D eigenvalue weighted by Crippen LogP contribution is -2.14. The third kappa shape index (κ3) is 5.73. The van der Waals surface area contributed by atoms with Gasteiger partial charge in [0.25, 0.3) is 0 Å². The van der Waals surface area contributed by atoms with Gasteiger partial charge in [0.2, 0.25) is 5.91 Å². The first-order valence-electron chi connectivity index (χ1n) is 8.96. The van der Waals surface area contributed by atoms with Gasteiger partial charge in [-0.15, -0.1) is 0 Å². The van der Waals surface area contributed by atoms with Gasteiger partial charge in [0, 0.05) is 24.1 Å². The van der Waals surface area contributed by atoms with Crippen LogP contribution in [0.15, 0.2) is 48.5 Å². The molecule has 2 aromatic carbocycles. The van der Waals surface area contributed by atoms with Crippen LogP contribution < -0.4 is 10.1 Å². The first-order valence-corrected chi connectivity index (χ1v) is 8.96. The first kappa shape index (κ1) is 19.7. The minimum atomic E-state index is -0.172. The minimum Gasteiger partial charge on any atom is -0.494 e. The average molecular weight is 353 g/mol. The molecule has 0 heterocycles. The predicted octanol–water partition coefficient (Wildman–Crippen LogP) is 4.98. The Morgan fingerprint density at radius 1 is 0.923 bits per heavy atom. The fourth-order valence-electron chi connectivity index (χ4n) is 2.55. The van der Waals surface area contributed by atoms with Gasteiger partial charge >= 0.3 is 0 Å². The molecule has 0 atom stereocenters. The Balaban J connectivity index is 1.85. The van der Waals surface area contributed by atoms with Gasteiger partial charge in [0.15, 0.2) is 5.78 Å². The van der Waals surface area contributed by atoms with E-state index in [1.54, 1.807) is 24.3 Å². The van der Waals surface area contributed by atoms with Crippen molar-refractivity contribution in [3.05, 3.63) is 59.7 Å². The number of rotatable bonds is 7. The number of Topliss-reactive ketones (excluding diaryl/α,β-unsaturated/α-hetero) is 1. The Morgan fingerprint density at radius 2 is 1.54 bits per heavy atom. The lowest BCUT2D eigenvalue weighted by Gasteiger charge is -2.18. The summed E-state index contributed by atoms with van der Waals surface area (Å²) in [5.74, 6) is 0.570. The van der Waals surface area contributed by atoms with E-state index in [9.17, 15) is 9.59 Å². The molecule has 1 N–H and O–H groups in total. The van der Waals surface area contributed by atoms with Crippen LogP contribution in [0.4, 0.5) is 5.69 Å². The molecule has 0 spiro atoms. The zero-order valence-corrected chi connectivity index (χ0v) is 16.0. The van der Waals surface area contributed by atoms with Crippen LogP contribution in [0, 0.1) is 0 Å². The van der Waals surface area contributed by atoms with Gasteiger partial charge in [-0.2, -0.15) is 0 Å². The minimum absolute atomic E-state index is 0.0210. The quantitative estimate of drug-likeness (QED) is 0.714. The van der Waals surface area contributed by atoms with E-state index >= 15 is 0 Å². The topological polar surface area (TPSA) is 55.4 Å². The van der Waals surface area contributed by atoms with Crippen molar-refractivity contribution < 1.29 is 14.3 Å². The zero-order valence-electron chi connectivity index (χ0n) is 16.0. The molecule has 0 aliphatic heterocycles. The van der Waals surface area contributed by atoms with Gasteiger partial charge in [-0.05, 0) is 42.2 Å². The van der Waals surface area contributed by atoms with E-state index in [2.05, 4.69) is 26.1 Å². The summed E-state index contributed by atoms with van der Waals surface area (Å²) in [4.78, 5) is 24.3. The summed E-state index contributed by atoms with van der Waals surface area (Å²) in [7, 11) is 0. The van der Waals surface area contributed by atoms with Crippen molar-refractivity contribution in [2.24, 2.45) is 0 Å². The number of hydrogen-bond acceptors (Lipinski definition) is 3. The normalized spacial score (nSPS) is 11.1. The number of amides is 1.